The summed E-state index contributed by atoms with van der Waals surface area (Å²) < 4.78 is 5.78. The van der Waals surface area contributed by atoms with Crippen molar-refractivity contribution in [1.29, 1.82) is 0 Å². The van der Waals surface area contributed by atoms with Gasteiger partial charge in [0, 0.05) is 18.7 Å². The first-order chi connectivity index (χ1) is 11.8. The number of aromatic nitrogens is 3. The van der Waals surface area contributed by atoms with Gasteiger partial charge in [-0.2, -0.15) is 5.10 Å². The Labute approximate surface area is 145 Å². The van der Waals surface area contributed by atoms with Crippen molar-refractivity contribution < 1.29 is 4.74 Å². The second-order valence-electron chi connectivity index (χ2n) is 5.70. The lowest BCUT2D eigenvalue weighted by atomic mass is 10.0. The number of ether oxygens (including phenoxy) is 1. The van der Waals surface area contributed by atoms with Gasteiger partial charge < -0.3 is 10.1 Å². The highest BCUT2D eigenvalue weighted by molar-refractivity contribution is 6.29. The summed E-state index contributed by atoms with van der Waals surface area (Å²) in [7, 11) is 0. The second-order valence-corrected chi connectivity index (χ2v) is 6.09. The first-order valence-electron chi connectivity index (χ1n) is 7.90. The molecule has 1 fully saturated rings. The first kappa shape index (κ1) is 15.3. The Morgan fingerprint density at radius 1 is 1.08 bits per heavy atom. The number of hydrogen-bond acceptors (Lipinski definition) is 4. The molecule has 122 valence electrons. The smallest absolute Gasteiger partial charge is 0.129 e. The van der Waals surface area contributed by atoms with Crippen LogP contribution in [0.15, 0.2) is 48.5 Å². The van der Waals surface area contributed by atoms with Gasteiger partial charge >= 0.3 is 0 Å². The SMILES string of the molecule is Clc1cccc(-c2cc(-c3ccc([C@H]4CNCCO4)cc3)n[nH]2)n1. The number of pyridine rings is 1. The van der Waals surface area contributed by atoms with Gasteiger partial charge in [-0.05, 0) is 23.8 Å². The predicted molar refractivity (Wildman–Crippen MR) is 93.8 cm³/mol. The summed E-state index contributed by atoms with van der Waals surface area (Å²) in [6.07, 6.45) is 0.123. The summed E-state index contributed by atoms with van der Waals surface area (Å²) in [6.45, 7) is 2.52. The van der Waals surface area contributed by atoms with Crippen molar-refractivity contribution >= 4 is 11.6 Å². The van der Waals surface area contributed by atoms with Crippen LogP contribution in [0.4, 0.5) is 0 Å². The van der Waals surface area contributed by atoms with E-state index in [4.69, 9.17) is 16.3 Å². The van der Waals surface area contributed by atoms with Crippen LogP contribution in [0.2, 0.25) is 5.15 Å². The number of nitrogens with one attached hydrogen (secondary N) is 2. The van der Waals surface area contributed by atoms with Gasteiger partial charge in [0.1, 0.15) is 5.15 Å². The maximum atomic E-state index is 5.95. The molecule has 5 nitrogen and oxygen atoms in total. The fourth-order valence-electron chi connectivity index (χ4n) is 2.81. The average molecular weight is 341 g/mol. The molecule has 0 radical (unpaired) electrons. The number of morpholine rings is 1. The molecule has 4 rings (SSSR count). The Kier molecular flexibility index (Phi) is 4.30. The molecule has 0 bridgehead atoms. The zero-order valence-electron chi connectivity index (χ0n) is 13.0. The topological polar surface area (TPSA) is 62.8 Å². The fourth-order valence-corrected chi connectivity index (χ4v) is 2.97. The molecule has 3 aromatic rings. The molecule has 0 saturated carbocycles. The molecule has 2 aromatic heterocycles. The highest BCUT2D eigenvalue weighted by Gasteiger charge is 2.15. The quantitative estimate of drug-likeness (QED) is 0.717. The molecule has 24 heavy (non-hydrogen) atoms. The molecule has 0 aliphatic carbocycles. The lowest BCUT2D eigenvalue weighted by Crippen LogP contribution is -2.33. The molecule has 1 aliphatic rings. The highest BCUT2D eigenvalue weighted by atomic mass is 35.5. The molecule has 1 aromatic carbocycles. The zero-order chi connectivity index (χ0) is 16.4. The van der Waals surface area contributed by atoms with Crippen LogP contribution in [-0.4, -0.2) is 34.9 Å². The Hall–Kier alpha value is -2.21. The minimum absolute atomic E-state index is 0.123. The Morgan fingerprint density at radius 2 is 1.96 bits per heavy atom. The van der Waals surface area contributed by atoms with Gasteiger partial charge in [0.05, 0.1) is 29.8 Å². The summed E-state index contributed by atoms with van der Waals surface area (Å²) in [6, 6.07) is 15.8. The largest absolute Gasteiger partial charge is 0.371 e. The minimum Gasteiger partial charge on any atom is -0.371 e. The summed E-state index contributed by atoms with van der Waals surface area (Å²) in [4.78, 5) is 4.30. The Morgan fingerprint density at radius 3 is 2.71 bits per heavy atom. The van der Waals surface area contributed by atoms with Gasteiger partial charge in [-0.1, -0.05) is 41.9 Å². The summed E-state index contributed by atoms with van der Waals surface area (Å²) in [5.41, 5.74) is 4.72. The lowest BCUT2D eigenvalue weighted by molar-refractivity contribution is 0.0277. The van der Waals surface area contributed by atoms with Crippen LogP contribution in [0.25, 0.3) is 22.6 Å². The van der Waals surface area contributed by atoms with Crippen molar-refractivity contribution in [3.8, 4) is 22.6 Å². The first-order valence-corrected chi connectivity index (χ1v) is 8.28. The van der Waals surface area contributed by atoms with Gasteiger partial charge in [0.15, 0.2) is 0 Å². The fraction of sp³-hybridized carbons (Fsp3) is 0.222. The number of rotatable bonds is 3. The average Bonchev–Trinajstić information content (AvgIpc) is 3.13. The van der Waals surface area contributed by atoms with Crippen molar-refractivity contribution in [3.05, 3.63) is 59.2 Å². The molecule has 1 aliphatic heterocycles. The van der Waals surface area contributed by atoms with Gasteiger partial charge in [-0.3, -0.25) is 5.10 Å². The van der Waals surface area contributed by atoms with Crippen molar-refractivity contribution in [3.63, 3.8) is 0 Å². The van der Waals surface area contributed by atoms with Crippen LogP contribution in [0.5, 0.6) is 0 Å². The van der Waals surface area contributed by atoms with E-state index in [9.17, 15) is 0 Å². The monoisotopic (exact) mass is 340 g/mol. The lowest BCUT2D eigenvalue weighted by Gasteiger charge is -2.24. The van der Waals surface area contributed by atoms with Gasteiger partial charge in [0.2, 0.25) is 0 Å². The number of nitrogens with zero attached hydrogens (tertiary/aromatic N) is 2. The third-order valence-electron chi connectivity index (χ3n) is 4.07. The van der Waals surface area contributed by atoms with Crippen LogP contribution in [-0.2, 0) is 4.74 Å². The second kappa shape index (κ2) is 6.73. The molecular formula is C18H17ClN4O. The van der Waals surface area contributed by atoms with Crippen LogP contribution in [0.3, 0.4) is 0 Å². The van der Waals surface area contributed by atoms with Crippen molar-refractivity contribution in [2.24, 2.45) is 0 Å². The maximum absolute atomic E-state index is 5.95. The Bertz CT molecular complexity index is 825. The standard InChI is InChI=1S/C18H17ClN4O/c19-18-3-1-2-14(21-18)16-10-15(22-23-16)12-4-6-13(7-5-12)17-11-20-8-9-24-17/h1-7,10,17,20H,8-9,11H2,(H,22,23)/t17-/m1/s1. The molecule has 3 heterocycles. The van der Waals surface area contributed by atoms with Crippen LogP contribution in [0.1, 0.15) is 11.7 Å². The van der Waals surface area contributed by atoms with E-state index in [0.29, 0.717) is 5.15 Å². The summed E-state index contributed by atoms with van der Waals surface area (Å²) in [5.74, 6) is 0. The Balaban J connectivity index is 1.56. The number of hydrogen-bond donors (Lipinski definition) is 2. The van der Waals surface area contributed by atoms with E-state index in [1.807, 2.05) is 18.2 Å². The molecule has 0 spiro atoms. The molecule has 1 atom stereocenters. The number of aromatic amines is 1. The normalized spacial score (nSPS) is 17.8. The van der Waals surface area contributed by atoms with E-state index in [1.54, 1.807) is 6.07 Å². The summed E-state index contributed by atoms with van der Waals surface area (Å²) >= 11 is 5.95. The molecular weight excluding hydrogens is 324 g/mol. The highest BCUT2D eigenvalue weighted by Crippen LogP contribution is 2.26. The molecule has 1 saturated heterocycles. The van der Waals surface area contributed by atoms with Crippen molar-refractivity contribution in [2.75, 3.05) is 19.7 Å². The van der Waals surface area contributed by atoms with Gasteiger partial charge in [0.25, 0.3) is 0 Å². The van der Waals surface area contributed by atoms with Crippen LogP contribution >= 0.6 is 11.6 Å². The molecule has 6 heteroatoms. The zero-order valence-corrected chi connectivity index (χ0v) is 13.8. The number of benzene rings is 1. The van der Waals surface area contributed by atoms with E-state index in [0.717, 1.165) is 42.3 Å². The number of H-pyrrole nitrogens is 1. The molecule has 0 amide bonds. The van der Waals surface area contributed by atoms with Crippen molar-refractivity contribution in [1.82, 2.24) is 20.5 Å². The van der Waals surface area contributed by atoms with E-state index < -0.39 is 0 Å². The van der Waals surface area contributed by atoms with E-state index in [-0.39, 0.29) is 6.10 Å². The third-order valence-corrected chi connectivity index (χ3v) is 4.29. The van der Waals surface area contributed by atoms with E-state index in [1.165, 1.54) is 5.56 Å². The third kappa shape index (κ3) is 3.19. The van der Waals surface area contributed by atoms with Crippen LogP contribution < -0.4 is 5.32 Å². The predicted octanol–water partition coefficient (Wildman–Crippen LogP) is 3.45. The number of halogens is 1. The minimum atomic E-state index is 0.123. The van der Waals surface area contributed by atoms with Crippen molar-refractivity contribution in [2.45, 2.75) is 6.10 Å². The van der Waals surface area contributed by atoms with Gasteiger partial charge in [-0.25, -0.2) is 4.98 Å². The maximum Gasteiger partial charge on any atom is 0.129 e. The van der Waals surface area contributed by atoms with Gasteiger partial charge in [-0.15, -0.1) is 0 Å². The molecule has 2 N–H and O–H groups in total. The summed E-state index contributed by atoms with van der Waals surface area (Å²) in [5, 5.41) is 11.2. The molecule has 0 unspecified atom stereocenters. The van der Waals surface area contributed by atoms with E-state index in [2.05, 4.69) is 44.8 Å². The van der Waals surface area contributed by atoms with E-state index >= 15 is 0 Å². The van der Waals surface area contributed by atoms with Crippen LogP contribution in [0, 0.1) is 0 Å².